The van der Waals surface area contributed by atoms with Crippen molar-refractivity contribution >= 4 is 16.7 Å². The number of aromatic amines is 1. The number of halogens is 1. The van der Waals surface area contributed by atoms with Crippen LogP contribution in [0.25, 0.3) is 10.9 Å². The Labute approximate surface area is 134 Å². The fourth-order valence-electron chi connectivity index (χ4n) is 3.01. The van der Waals surface area contributed by atoms with Crippen LogP contribution < -0.4 is 4.90 Å². The Morgan fingerprint density at radius 2 is 1.83 bits per heavy atom. The first-order chi connectivity index (χ1) is 11.0. The van der Waals surface area contributed by atoms with Crippen molar-refractivity contribution in [2.75, 3.05) is 13.6 Å². The van der Waals surface area contributed by atoms with E-state index in [1.165, 1.54) is 12.1 Å². The molecule has 0 radical (unpaired) electrons. The van der Waals surface area contributed by atoms with E-state index in [1.807, 2.05) is 38.2 Å². The van der Waals surface area contributed by atoms with Crippen molar-refractivity contribution in [3.63, 3.8) is 0 Å². The summed E-state index contributed by atoms with van der Waals surface area (Å²) in [5, 5.41) is 0.976. The van der Waals surface area contributed by atoms with Crippen LogP contribution in [-0.4, -0.2) is 24.4 Å². The third-order valence-corrected chi connectivity index (χ3v) is 4.05. The number of aryl methyl sites for hydroxylation is 1. The molecule has 1 aromatic heterocycles. The zero-order valence-corrected chi connectivity index (χ0v) is 13.3. The van der Waals surface area contributed by atoms with Gasteiger partial charge in [0.1, 0.15) is 18.9 Å². The van der Waals surface area contributed by atoms with Gasteiger partial charge in [-0.3, -0.25) is 4.79 Å². The molecule has 0 aliphatic heterocycles. The van der Waals surface area contributed by atoms with Gasteiger partial charge < -0.3 is 9.88 Å². The normalized spacial score (nSPS) is 12.5. The molecule has 23 heavy (non-hydrogen) atoms. The van der Waals surface area contributed by atoms with Crippen molar-refractivity contribution in [3.8, 4) is 0 Å². The van der Waals surface area contributed by atoms with Gasteiger partial charge in [-0.05, 0) is 25.1 Å². The third-order valence-electron chi connectivity index (χ3n) is 4.05. The topological polar surface area (TPSA) is 37.3 Å². The molecular formula is C19H20FN2O+. The second-order valence-corrected chi connectivity index (χ2v) is 6.03. The van der Waals surface area contributed by atoms with Crippen LogP contribution in [0.1, 0.15) is 21.6 Å². The third kappa shape index (κ3) is 3.32. The summed E-state index contributed by atoms with van der Waals surface area (Å²) in [6.45, 7) is 3.02. The van der Waals surface area contributed by atoms with E-state index < -0.39 is 0 Å². The second-order valence-electron chi connectivity index (χ2n) is 6.03. The Morgan fingerprint density at radius 1 is 1.13 bits per heavy atom. The van der Waals surface area contributed by atoms with E-state index in [0.717, 1.165) is 32.6 Å². The maximum atomic E-state index is 12.9. The first kappa shape index (κ1) is 15.4. The van der Waals surface area contributed by atoms with E-state index >= 15 is 0 Å². The van der Waals surface area contributed by atoms with Crippen LogP contribution in [0, 0.1) is 12.7 Å². The molecule has 2 aromatic carbocycles. The van der Waals surface area contributed by atoms with Crippen LogP contribution >= 0.6 is 0 Å². The zero-order chi connectivity index (χ0) is 16.4. The number of benzene rings is 2. The van der Waals surface area contributed by atoms with Crippen molar-refractivity contribution in [1.29, 1.82) is 0 Å². The SMILES string of the molecule is Cc1[nH]c2ccccc2c1C(=O)C[NH+](C)Cc1ccc(F)cc1. The van der Waals surface area contributed by atoms with Gasteiger partial charge in [0.2, 0.25) is 5.78 Å². The number of H-pyrrole nitrogens is 1. The van der Waals surface area contributed by atoms with Gasteiger partial charge >= 0.3 is 0 Å². The van der Waals surface area contributed by atoms with Crippen molar-refractivity contribution in [2.45, 2.75) is 13.5 Å². The van der Waals surface area contributed by atoms with Crippen LogP contribution in [0.5, 0.6) is 0 Å². The summed E-state index contributed by atoms with van der Waals surface area (Å²) in [5.41, 5.74) is 3.70. The van der Waals surface area contributed by atoms with E-state index in [1.54, 1.807) is 12.1 Å². The maximum absolute atomic E-state index is 12.9. The summed E-state index contributed by atoms with van der Waals surface area (Å²) < 4.78 is 12.9. The molecule has 0 aliphatic carbocycles. The number of carbonyl (C=O) groups is 1. The van der Waals surface area contributed by atoms with Gasteiger partial charge in [0.05, 0.1) is 12.6 Å². The van der Waals surface area contributed by atoms with Gasteiger partial charge in [-0.25, -0.2) is 4.39 Å². The minimum atomic E-state index is -0.239. The Morgan fingerprint density at radius 3 is 2.57 bits per heavy atom. The molecule has 2 N–H and O–H groups in total. The summed E-state index contributed by atoms with van der Waals surface area (Å²) in [6.07, 6.45) is 0. The summed E-state index contributed by atoms with van der Waals surface area (Å²) >= 11 is 0. The van der Waals surface area contributed by atoms with Crippen LogP contribution in [0.15, 0.2) is 48.5 Å². The van der Waals surface area contributed by atoms with E-state index in [2.05, 4.69) is 4.98 Å². The fraction of sp³-hybridized carbons (Fsp3) is 0.211. The first-order valence-electron chi connectivity index (χ1n) is 7.71. The molecule has 118 valence electrons. The molecule has 3 rings (SSSR count). The highest BCUT2D eigenvalue weighted by Gasteiger charge is 2.19. The smallest absolute Gasteiger partial charge is 0.219 e. The van der Waals surface area contributed by atoms with E-state index in [4.69, 9.17) is 0 Å². The molecule has 0 bridgehead atoms. The summed E-state index contributed by atoms with van der Waals surface area (Å²) in [6, 6.07) is 14.3. The Hall–Kier alpha value is -2.46. The lowest BCUT2D eigenvalue weighted by Crippen LogP contribution is -3.08. The highest BCUT2D eigenvalue weighted by molar-refractivity contribution is 6.09. The largest absolute Gasteiger partial charge is 0.358 e. The second kappa shape index (κ2) is 6.34. The number of nitrogens with one attached hydrogen (secondary N) is 2. The number of para-hydroxylation sites is 1. The standard InChI is InChI=1S/C19H19FN2O/c1-13-19(16-5-3-4-6-17(16)21-13)18(23)12-22(2)11-14-7-9-15(20)10-8-14/h3-10,21H,11-12H2,1-2H3/p+1. The fourth-order valence-corrected chi connectivity index (χ4v) is 3.01. The van der Waals surface area contributed by atoms with Crippen LogP contribution in [0.2, 0.25) is 0 Å². The number of likely N-dealkylation sites (N-methyl/N-ethyl adjacent to an activating group) is 1. The Balaban J connectivity index is 1.75. The molecule has 3 aromatic rings. The van der Waals surface area contributed by atoms with Crippen molar-refractivity contribution < 1.29 is 14.1 Å². The number of fused-ring (bicyclic) bond motifs is 1. The lowest BCUT2D eigenvalue weighted by Gasteiger charge is -2.13. The average Bonchev–Trinajstić information content (AvgIpc) is 2.85. The van der Waals surface area contributed by atoms with Crippen molar-refractivity contribution in [3.05, 3.63) is 71.2 Å². The Kier molecular flexibility index (Phi) is 4.26. The van der Waals surface area contributed by atoms with Gasteiger partial charge in [0.15, 0.2) is 0 Å². The number of Topliss-reactive ketones (excluding diaryl/α,β-unsaturated/α-hetero) is 1. The molecule has 0 saturated carbocycles. The van der Waals surface area contributed by atoms with Crippen LogP contribution in [0.3, 0.4) is 0 Å². The number of carbonyl (C=O) groups excluding carboxylic acids is 1. The lowest BCUT2D eigenvalue weighted by atomic mass is 10.1. The molecule has 3 nitrogen and oxygen atoms in total. The molecule has 4 heteroatoms. The molecule has 0 spiro atoms. The molecule has 0 amide bonds. The molecule has 1 unspecified atom stereocenters. The maximum Gasteiger partial charge on any atom is 0.219 e. The number of aromatic nitrogens is 1. The number of hydrogen-bond acceptors (Lipinski definition) is 1. The minimum absolute atomic E-state index is 0.125. The average molecular weight is 311 g/mol. The Bertz CT molecular complexity index is 836. The highest BCUT2D eigenvalue weighted by Crippen LogP contribution is 2.21. The quantitative estimate of drug-likeness (QED) is 0.698. The minimum Gasteiger partial charge on any atom is -0.358 e. The lowest BCUT2D eigenvalue weighted by molar-refractivity contribution is -0.884. The summed E-state index contributed by atoms with van der Waals surface area (Å²) in [7, 11) is 1.98. The highest BCUT2D eigenvalue weighted by atomic mass is 19.1. The monoisotopic (exact) mass is 311 g/mol. The van der Waals surface area contributed by atoms with Gasteiger partial charge in [0, 0.05) is 22.2 Å². The van der Waals surface area contributed by atoms with Crippen LogP contribution in [-0.2, 0) is 6.54 Å². The van der Waals surface area contributed by atoms with Gasteiger partial charge in [-0.2, -0.15) is 0 Å². The number of ketones is 1. The van der Waals surface area contributed by atoms with Crippen molar-refractivity contribution in [1.82, 2.24) is 4.98 Å². The van der Waals surface area contributed by atoms with E-state index in [-0.39, 0.29) is 11.6 Å². The first-order valence-corrected chi connectivity index (χ1v) is 7.71. The number of rotatable bonds is 5. The van der Waals surface area contributed by atoms with Crippen molar-refractivity contribution in [2.24, 2.45) is 0 Å². The van der Waals surface area contributed by atoms with E-state index in [0.29, 0.717) is 13.1 Å². The van der Waals surface area contributed by atoms with Crippen LogP contribution in [0.4, 0.5) is 4.39 Å². The van der Waals surface area contributed by atoms with Gasteiger partial charge in [-0.1, -0.05) is 30.3 Å². The predicted octanol–water partition coefficient (Wildman–Crippen LogP) is 2.51. The molecule has 0 aliphatic rings. The van der Waals surface area contributed by atoms with Gasteiger partial charge in [0.25, 0.3) is 0 Å². The summed E-state index contributed by atoms with van der Waals surface area (Å²) in [5.74, 6) is -0.114. The molecule has 1 atom stereocenters. The predicted molar refractivity (Wildman–Crippen MR) is 89.2 cm³/mol. The molecular weight excluding hydrogens is 291 g/mol. The number of quaternary nitrogens is 1. The van der Waals surface area contributed by atoms with E-state index in [9.17, 15) is 9.18 Å². The van der Waals surface area contributed by atoms with Gasteiger partial charge in [-0.15, -0.1) is 0 Å². The summed E-state index contributed by atoms with van der Waals surface area (Å²) in [4.78, 5) is 17.0. The molecule has 1 heterocycles. The zero-order valence-electron chi connectivity index (χ0n) is 13.3. The molecule has 0 fully saturated rings. The number of hydrogen-bond donors (Lipinski definition) is 2. The molecule has 0 saturated heterocycles.